The molecule has 0 saturated carbocycles. The number of halogens is 2. The van der Waals surface area contributed by atoms with Crippen molar-refractivity contribution in [3.63, 3.8) is 0 Å². The van der Waals surface area contributed by atoms with Crippen LogP contribution < -0.4 is 0 Å². The minimum Gasteiger partial charge on any atom is -0.0845 e. The van der Waals surface area contributed by atoms with Crippen LogP contribution in [0.25, 0.3) is 6.08 Å². The summed E-state index contributed by atoms with van der Waals surface area (Å²) in [5.74, 6) is 0. The van der Waals surface area contributed by atoms with Crippen molar-refractivity contribution in [2.24, 2.45) is 0 Å². The molecule has 0 aliphatic rings. The van der Waals surface area contributed by atoms with Crippen LogP contribution in [0.3, 0.4) is 0 Å². The van der Waals surface area contributed by atoms with Gasteiger partial charge in [-0.15, -0.1) is 0 Å². The quantitative estimate of drug-likeness (QED) is 0.699. The van der Waals surface area contributed by atoms with Gasteiger partial charge in [-0.1, -0.05) is 61.7 Å². The van der Waals surface area contributed by atoms with Gasteiger partial charge >= 0.3 is 0 Å². The van der Waals surface area contributed by atoms with Gasteiger partial charge in [0.1, 0.15) is 0 Å². The maximum atomic E-state index is 3.54. The number of hydrogen-bond acceptors (Lipinski definition) is 0. The second-order valence-electron chi connectivity index (χ2n) is 3.03. The topological polar surface area (TPSA) is 0 Å². The van der Waals surface area contributed by atoms with Crippen LogP contribution in [0.2, 0.25) is 0 Å². The standard InChI is InChI=1S/C11H12Br2/c1-8(9(2)12)7-10-5-3-4-6-11(10)13/h3-7,9H,1-2H3/b8-7+. The minimum atomic E-state index is 0.430. The molecule has 2 heteroatoms. The zero-order valence-electron chi connectivity index (χ0n) is 7.72. The molecule has 0 N–H and O–H groups in total. The zero-order valence-corrected chi connectivity index (χ0v) is 10.9. The van der Waals surface area contributed by atoms with Crippen LogP contribution >= 0.6 is 31.9 Å². The molecular weight excluding hydrogens is 292 g/mol. The van der Waals surface area contributed by atoms with Gasteiger partial charge < -0.3 is 0 Å². The minimum absolute atomic E-state index is 0.430. The Balaban J connectivity index is 2.97. The van der Waals surface area contributed by atoms with E-state index in [-0.39, 0.29) is 0 Å². The van der Waals surface area contributed by atoms with Crippen LogP contribution in [0.5, 0.6) is 0 Å². The van der Waals surface area contributed by atoms with E-state index in [1.54, 1.807) is 0 Å². The highest BCUT2D eigenvalue weighted by molar-refractivity contribution is 9.10. The molecule has 0 aromatic heterocycles. The normalized spacial score (nSPS) is 14.3. The summed E-state index contributed by atoms with van der Waals surface area (Å²) in [4.78, 5) is 0.430. The predicted octanol–water partition coefficient (Wildman–Crippen LogP) is 4.64. The first kappa shape index (κ1) is 11.0. The highest BCUT2D eigenvalue weighted by atomic mass is 79.9. The molecule has 1 aromatic rings. The van der Waals surface area contributed by atoms with Crippen molar-refractivity contribution in [2.75, 3.05) is 0 Å². The molecule has 0 heterocycles. The van der Waals surface area contributed by atoms with Crippen molar-refractivity contribution < 1.29 is 0 Å². The second-order valence-corrected chi connectivity index (χ2v) is 5.25. The SMILES string of the molecule is C/C(=C\c1ccccc1Br)C(C)Br. The highest BCUT2D eigenvalue weighted by Gasteiger charge is 1.99. The van der Waals surface area contributed by atoms with Gasteiger partial charge in [-0.25, -0.2) is 0 Å². The third-order valence-corrected chi connectivity index (χ3v) is 3.36. The van der Waals surface area contributed by atoms with Gasteiger partial charge in [-0.3, -0.25) is 0 Å². The summed E-state index contributed by atoms with van der Waals surface area (Å²) in [6.07, 6.45) is 2.18. The van der Waals surface area contributed by atoms with E-state index in [1.165, 1.54) is 11.1 Å². The average Bonchev–Trinajstić information content (AvgIpc) is 2.08. The Kier molecular flexibility index (Phi) is 4.20. The lowest BCUT2D eigenvalue weighted by Gasteiger charge is -2.04. The third kappa shape index (κ3) is 3.28. The average molecular weight is 304 g/mol. The van der Waals surface area contributed by atoms with Gasteiger partial charge in [0, 0.05) is 9.30 Å². The van der Waals surface area contributed by atoms with Gasteiger partial charge in [0.05, 0.1) is 0 Å². The lowest BCUT2D eigenvalue weighted by atomic mass is 10.1. The van der Waals surface area contributed by atoms with Crippen LogP contribution in [-0.4, -0.2) is 4.83 Å². The largest absolute Gasteiger partial charge is 0.0845 e. The smallest absolute Gasteiger partial charge is 0.0326 e. The Hall–Kier alpha value is -0.0800. The number of allylic oxidation sites excluding steroid dienone is 1. The Morgan fingerprint density at radius 2 is 2.00 bits per heavy atom. The molecular formula is C11H12Br2. The molecule has 0 nitrogen and oxygen atoms in total. The molecule has 1 rings (SSSR count). The Bertz CT molecular complexity index is 314. The van der Waals surface area contributed by atoms with E-state index in [4.69, 9.17) is 0 Å². The summed E-state index contributed by atoms with van der Waals surface area (Å²) in [7, 11) is 0. The van der Waals surface area contributed by atoms with Gasteiger partial charge in [-0.2, -0.15) is 0 Å². The van der Waals surface area contributed by atoms with E-state index < -0.39 is 0 Å². The monoisotopic (exact) mass is 302 g/mol. The molecule has 0 aliphatic carbocycles. The lowest BCUT2D eigenvalue weighted by Crippen LogP contribution is -1.90. The van der Waals surface area contributed by atoms with Crippen LogP contribution in [0.15, 0.2) is 34.3 Å². The molecule has 0 fully saturated rings. The molecule has 0 bridgehead atoms. The van der Waals surface area contributed by atoms with Crippen molar-refractivity contribution in [2.45, 2.75) is 18.7 Å². The first-order valence-electron chi connectivity index (χ1n) is 4.18. The zero-order chi connectivity index (χ0) is 9.84. The summed E-state index contributed by atoms with van der Waals surface area (Å²) in [6.45, 7) is 4.25. The molecule has 0 radical (unpaired) electrons. The van der Waals surface area contributed by atoms with Gasteiger partial charge in [0.15, 0.2) is 0 Å². The number of alkyl halides is 1. The second kappa shape index (κ2) is 4.97. The molecule has 0 spiro atoms. The van der Waals surface area contributed by atoms with Crippen LogP contribution in [0, 0.1) is 0 Å². The molecule has 13 heavy (non-hydrogen) atoms. The van der Waals surface area contributed by atoms with Crippen molar-refractivity contribution in [3.8, 4) is 0 Å². The number of hydrogen-bond donors (Lipinski definition) is 0. The van der Waals surface area contributed by atoms with E-state index in [0.29, 0.717) is 4.83 Å². The molecule has 0 saturated heterocycles. The van der Waals surface area contributed by atoms with Crippen molar-refractivity contribution in [1.82, 2.24) is 0 Å². The summed E-state index contributed by atoms with van der Waals surface area (Å²) >= 11 is 7.05. The predicted molar refractivity (Wildman–Crippen MR) is 66.2 cm³/mol. The maximum Gasteiger partial charge on any atom is 0.0326 e. The van der Waals surface area contributed by atoms with Crippen molar-refractivity contribution >= 4 is 37.9 Å². The van der Waals surface area contributed by atoms with Gasteiger partial charge in [0.25, 0.3) is 0 Å². The van der Waals surface area contributed by atoms with E-state index >= 15 is 0 Å². The van der Waals surface area contributed by atoms with Gasteiger partial charge in [-0.05, 0) is 25.5 Å². The van der Waals surface area contributed by atoms with Crippen LogP contribution in [-0.2, 0) is 0 Å². The fourth-order valence-electron chi connectivity index (χ4n) is 0.952. The van der Waals surface area contributed by atoms with E-state index in [2.05, 4.69) is 63.9 Å². The third-order valence-electron chi connectivity index (χ3n) is 1.92. The Morgan fingerprint density at radius 3 is 2.54 bits per heavy atom. The first-order chi connectivity index (χ1) is 6.11. The number of benzene rings is 1. The molecule has 1 atom stereocenters. The summed E-state index contributed by atoms with van der Waals surface area (Å²) < 4.78 is 1.14. The van der Waals surface area contributed by atoms with Crippen molar-refractivity contribution in [3.05, 3.63) is 39.9 Å². The lowest BCUT2D eigenvalue weighted by molar-refractivity contribution is 1.16. The van der Waals surface area contributed by atoms with E-state index in [1.807, 2.05) is 12.1 Å². The molecule has 1 aromatic carbocycles. The fourth-order valence-corrected chi connectivity index (χ4v) is 1.48. The van der Waals surface area contributed by atoms with E-state index in [9.17, 15) is 0 Å². The summed E-state index contributed by atoms with van der Waals surface area (Å²) in [5, 5.41) is 0. The van der Waals surface area contributed by atoms with Crippen molar-refractivity contribution in [1.29, 1.82) is 0 Å². The molecule has 70 valence electrons. The summed E-state index contributed by atoms with van der Waals surface area (Å²) in [6, 6.07) is 8.22. The highest BCUT2D eigenvalue weighted by Crippen LogP contribution is 2.21. The number of rotatable bonds is 2. The first-order valence-corrected chi connectivity index (χ1v) is 5.89. The Labute approximate surface area is 96.3 Å². The van der Waals surface area contributed by atoms with Crippen LogP contribution in [0.1, 0.15) is 19.4 Å². The Morgan fingerprint density at radius 1 is 1.38 bits per heavy atom. The maximum absolute atomic E-state index is 3.54. The molecule has 1 unspecified atom stereocenters. The fraction of sp³-hybridized carbons (Fsp3) is 0.273. The van der Waals surface area contributed by atoms with Gasteiger partial charge in [0.2, 0.25) is 0 Å². The van der Waals surface area contributed by atoms with E-state index in [0.717, 1.165) is 4.47 Å². The summed E-state index contributed by atoms with van der Waals surface area (Å²) in [5.41, 5.74) is 2.55. The molecule has 0 aliphatic heterocycles. The molecule has 0 amide bonds. The van der Waals surface area contributed by atoms with Crippen LogP contribution in [0.4, 0.5) is 0 Å².